The van der Waals surface area contributed by atoms with Crippen molar-refractivity contribution in [2.24, 2.45) is 5.92 Å². The summed E-state index contributed by atoms with van der Waals surface area (Å²) in [5, 5.41) is 3.81. The first-order chi connectivity index (χ1) is 14.3. The highest BCUT2D eigenvalue weighted by Crippen LogP contribution is 2.43. The monoisotopic (exact) mass is 410 g/mol. The summed E-state index contributed by atoms with van der Waals surface area (Å²) in [4.78, 5) is 43.8. The molecule has 0 radical (unpaired) electrons. The Kier molecular flexibility index (Phi) is 5.32. The van der Waals surface area contributed by atoms with Crippen LogP contribution in [0.4, 0.5) is 0 Å². The Balaban J connectivity index is 1.57. The first kappa shape index (κ1) is 20.1. The molecule has 0 spiro atoms. The van der Waals surface area contributed by atoms with Crippen LogP contribution in [0.5, 0.6) is 0 Å². The maximum atomic E-state index is 13.1. The lowest BCUT2D eigenvalue weighted by atomic mass is 9.92. The zero-order valence-electron chi connectivity index (χ0n) is 17.4. The van der Waals surface area contributed by atoms with E-state index in [1.165, 1.54) is 0 Å². The number of piperazine rings is 1. The normalized spacial score (nSPS) is 23.4. The van der Waals surface area contributed by atoms with E-state index in [9.17, 15) is 14.4 Å². The van der Waals surface area contributed by atoms with Gasteiger partial charge in [-0.15, -0.1) is 0 Å². The summed E-state index contributed by atoms with van der Waals surface area (Å²) in [6.07, 6.45) is 0.608. The molecule has 8 nitrogen and oxygen atoms in total. The molecular formula is C22H26N4O4. The second-order valence-electron chi connectivity index (χ2n) is 8.27. The fourth-order valence-corrected chi connectivity index (χ4v) is 4.60. The number of rotatable bonds is 4. The molecule has 0 N–H and O–H groups in total. The molecular weight excluding hydrogens is 384 g/mol. The van der Waals surface area contributed by atoms with Crippen LogP contribution in [0, 0.1) is 12.8 Å². The van der Waals surface area contributed by atoms with Gasteiger partial charge in [-0.25, -0.2) is 0 Å². The van der Waals surface area contributed by atoms with Crippen LogP contribution in [0.3, 0.4) is 0 Å². The molecule has 8 heteroatoms. The predicted octanol–water partition coefficient (Wildman–Crippen LogP) is 1.41. The number of carbonyl (C=O) groups excluding carboxylic acids is 3. The largest absolute Gasteiger partial charge is 0.361 e. The summed E-state index contributed by atoms with van der Waals surface area (Å²) in [7, 11) is 3.47. The molecule has 3 heterocycles. The van der Waals surface area contributed by atoms with Crippen LogP contribution in [0.25, 0.3) is 0 Å². The number of amides is 3. The van der Waals surface area contributed by atoms with Gasteiger partial charge in [-0.3, -0.25) is 14.4 Å². The van der Waals surface area contributed by atoms with Crippen molar-refractivity contribution >= 4 is 17.7 Å². The van der Waals surface area contributed by atoms with Gasteiger partial charge in [0.1, 0.15) is 5.76 Å². The second kappa shape index (κ2) is 7.93. The van der Waals surface area contributed by atoms with Gasteiger partial charge in [-0.05, 0) is 18.9 Å². The highest BCUT2D eigenvalue weighted by molar-refractivity contribution is 5.89. The third-order valence-corrected chi connectivity index (χ3v) is 5.90. The lowest BCUT2D eigenvalue weighted by Gasteiger charge is -2.40. The Morgan fingerprint density at radius 2 is 1.97 bits per heavy atom. The SMILES string of the molecule is Cc1cc(CC(=O)N2CC(=O)N3C(c4ccccc4)C(C(=O)N(C)C)C[C@H]3C2)on1. The van der Waals surface area contributed by atoms with Gasteiger partial charge in [0.05, 0.1) is 36.7 Å². The van der Waals surface area contributed by atoms with Crippen molar-refractivity contribution < 1.29 is 18.9 Å². The van der Waals surface area contributed by atoms with Crippen LogP contribution < -0.4 is 0 Å². The molecule has 1 aromatic heterocycles. The zero-order valence-corrected chi connectivity index (χ0v) is 17.4. The number of benzene rings is 1. The summed E-state index contributed by atoms with van der Waals surface area (Å²) in [5.41, 5.74) is 1.66. The maximum absolute atomic E-state index is 13.1. The van der Waals surface area contributed by atoms with Crippen LogP contribution in [0.15, 0.2) is 40.9 Å². The van der Waals surface area contributed by atoms with Crippen molar-refractivity contribution in [1.29, 1.82) is 0 Å². The summed E-state index contributed by atoms with van der Waals surface area (Å²) in [6, 6.07) is 10.9. The van der Waals surface area contributed by atoms with Crippen molar-refractivity contribution in [3.8, 4) is 0 Å². The minimum Gasteiger partial charge on any atom is -0.361 e. The van der Waals surface area contributed by atoms with Gasteiger partial charge in [0.15, 0.2) is 0 Å². The Labute approximate surface area is 175 Å². The number of nitrogens with zero attached hydrogens (tertiary/aromatic N) is 4. The Morgan fingerprint density at radius 1 is 1.23 bits per heavy atom. The van der Waals surface area contributed by atoms with Crippen molar-refractivity contribution in [3.63, 3.8) is 0 Å². The highest BCUT2D eigenvalue weighted by Gasteiger charge is 2.51. The van der Waals surface area contributed by atoms with Crippen molar-refractivity contribution in [3.05, 3.63) is 53.4 Å². The van der Waals surface area contributed by atoms with E-state index in [0.717, 1.165) is 5.56 Å². The van der Waals surface area contributed by atoms with E-state index in [4.69, 9.17) is 4.52 Å². The van der Waals surface area contributed by atoms with Gasteiger partial charge >= 0.3 is 0 Å². The Morgan fingerprint density at radius 3 is 2.60 bits per heavy atom. The molecule has 2 unspecified atom stereocenters. The summed E-state index contributed by atoms with van der Waals surface area (Å²) in [5.74, 6) is -0.139. The third kappa shape index (κ3) is 3.69. The molecule has 3 atom stereocenters. The van der Waals surface area contributed by atoms with Gasteiger partial charge in [-0.1, -0.05) is 35.5 Å². The van der Waals surface area contributed by atoms with E-state index in [1.807, 2.05) is 35.2 Å². The molecule has 3 amide bonds. The first-order valence-electron chi connectivity index (χ1n) is 10.1. The number of hydrogen-bond acceptors (Lipinski definition) is 5. The van der Waals surface area contributed by atoms with E-state index in [0.29, 0.717) is 24.4 Å². The number of aromatic nitrogens is 1. The quantitative estimate of drug-likeness (QED) is 0.761. The minimum absolute atomic E-state index is 0.000986. The number of fused-ring (bicyclic) bond motifs is 1. The van der Waals surface area contributed by atoms with Gasteiger partial charge in [-0.2, -0.15) is 0 Å². The fraction of sp³-hybridized carbons (Fsp3) is 0.455. The lowest BCUT2D eigenvalue weighted by molar-refractivity contribution is -0.149. The molecule has 0 aliphatic carbocycles. The molecule has 2 aliphatic heterocycles. The average Bonchev–Trinajstić information content (AvgIpc) is 3.31. The number of hydrogen-bond donors (Lipinski definition) is 0. The van der Waals surface area contributed by atoms with E-state index in [-0.39, 0.29) is 48.7 Å². The third-order valence-electron chi connectivity index (χ3n) is 5.90. The van der Waals surface area contributed by atoms with Crippen LogP contribution in [-0.2, 0) is 20.8 Å². The van der Waals surface area contributed by atoms with Crippen LogP contribution in [-0.4, -0.2) is 70.8 Å². The van der Waals surface area contributed by atoms with E-state index < -0.39 is 0 Å². The van der Waals surface area contributed by atoms with Crippen molar-refractivity contribution in [2.75, 3.05) is 27.2 Å². The van der Waals surface area contributed by atoms with Gasteiger partial charge in [0.2, 0.25) is 17.7 Å². The number of aryl methyl sites for hydroxylation is 1. The topological polar surface area (TPSA) is 87.0 Å². The van der Waals surface area contributed by atoms with E-state index in [1.54, 1.807) is 36.9 Å². The molecule has 2 aliphatic rings. The Bertz CT molecular complexity index is 955. The summed E-state index contributed by atoms with van der Waals surface area (Å²) >= 11 is 0. The summed E-state index contributed by atoms with van der Waals surface area (Å²) in [6.45, 7) is 2.22. The van der Waals surface area contributed by atoms with Crippen molar-refractivity contribution in [2.45, 2.75) is 31.8 Å². The van der Waals surface area contributed by atoms with E-state index in [2.05, 4.69) is 5.16 Å². The van der Waals surface area contributed by atoms with E-state index >= 15 is 0 Å². The van der Waals surface area contributed by atoms with Gasteiger partial charge < -0.3 is 19.2 Å². The zero-order chi connectivity index (χ0) is 21.4. The van der Waals surface area contributed by atoms with Gasteiger partial charge in [0, 0.05) is 26.7 Å². The maximum Gasteiger partial charge on any atom is 0.243 e. The summed E-state index contributed by atoms with van der Waals surface area (Å²) < 4.78 is 5.15. The molecule has 1 aromatic carbocycles. The molecule has 2 aromatic rings. The molecule has 158 valence electrons. The van der Waals surface area contributed by atoms with Crippen LogP contribution in [0.1, 0.15) is 29.5 Å². The molecule has 4 rings (SSSR count). The molecule has 30 heavy (non-hydrogen) atoms. The van der Waals surface area contributed by atoms with Gasteiger partial charge in [0.25, 0.3) is 0 Å². The molecule has 2 saturated heterocycles. The second-order valence-corrected chi connectivity index (χ2v) is 8.27. The Hall–Kier alpha value is -3.16. The van der Waals surface area contributed by atoms with Crippen LogP contribution in [0.2, 0.25) is 0 Å². The standard InChI is InChI=1S/C22H26N4O4/c1-14-9-17(30-23-14)11-19(27)25-12-16-10-18(22(29)24(2)3)21(26(16)20(28)13-25)15-7-5-4-6-8-15/h4-9,16,18,21H,10-13H2,1-3H3/t16-,18?,21?/m0/s1. The first-order valence-corrected chi connectivity index (χ1v) is 10.1. The highest BCUT2D eigenvalue weighted by atomic mass is 16.5. The molecule has 0 bridgehead atoms. The average molecular weight is 410 g/mol. The molecule has 0 saturated carbocycles. The lowest BCUT2D eigenvalue weighted by Crippen LogP contribution is -2.56. The number of carbonyl (C=O) groups is 3. The van der Waals surface area contributed by atoms with Crippen LogP contribution >= 0.6 is 0 Å². The fourth-order valence-electron chi connectivity index (χ4n) is 4.60. The smallest absolute Gasteiger partial charge is 0.243 e. The van der Waals surface area contributed by atoms with Crippen molar-refractivity contribution in [1.82, 2.24) is 19.9 Å². The minimum atomic E-state index is -0.330. The predicted molar refractivity (Wildman–Crippen MR) is 108 cm³/mol. The molecule has 2 fully saturated rings.